The fourth-order valence-corrected chi connectivity index (χ4v) is 2.64. The van der Waals surface area contributed by atoms with Crippen LogP contribution in [-0.4, -0.2) is 18.3 Å². The summed E-state index contributed by atoms with van der Waals surface area (Å²) >= 11 is 0. The molecule has 0 bridgehead atoms. The van der Waals surface area contributed by atoms with E-state index in [1.165, 1.54) is 5.69 Å². The van der Waals surface area contributed by atoms with Gasteiger partial charge in [0.25, 0.3) is 0 Å². The Labute approximate surface area is 113 Å². The molecule has 1 unspecified atom stereocenters. The van der Waals surface area contributed by atoms with Gasteiger partial charge in [0.2, 0.25) is 0 Å². The summed E-state index contributed by atoms with van der Waals surface area (Å²) in [5.41, 5.74) is 2.34. The zero-order valence-corrected chi connectivity index (χ0v) is 10.9. The fourth-order valence-electron chi connectivity index (χ4n) is 2.64. The lowest BCUT2D eigenvalue weighted by Crippen LogP contribution is -2.29. The van der Waals surface area contributed by atoms with Crippen LogP contribution in [0.4, 0.5) is 5.69 Å². The molecule has 1 aliphatic rings. The van der Waals surface area contributed by atoms with E-state index in [2.05, 4.69) is 24.0 Å². The topological polar surface area (TPSA) is 32.7 Å². The number of ether oxygens (including phenoxy) is 1. The first kappa shape index (κ1) is 11.9. The average molecular weight is 255 g/mol. The molecule has 0 aromatic heterocycles. The van der Waals surface area contributed by atoms with Crippen LogP contribution < -0.4 is 9.64 Å². The minimum atomic E-state index is 0.211. The van der Waals surface area contributed by atoms with Gasteiger partial charge in [-0.3, -0.25) is 0 Å². The third kappa shape index (κ3) is 2.12. The second-order valence-electron chi connectivity index (χ2n) is 4.67. The molecule has 1 heterocycles. The van der Waals surface area contributed by atoms with Gasteiger partial charge in [0.15, 0.2) is 0 Å². The Balaban J connectivity index is 1.95. The number of para-hydroxylation sites is 1. The maximum atomic E-state index is 9.50. The van der Waals surface area contributed by atoms with Crippen molar-refractivity contribution in [1.29, 1.82) is 0 Å². The molecule has 19 heavy (non-hydrogen) atoms. The van der Waals surface area contributed by atoms with E-state index in [0.717, 1.165) is 17.9 Å². The molecule has 0 spiro atoms. The van der Waals surface area contributed by atoms with Gasteiger partial charge < -0.3 is 14.7 Å². The van der Waals surface area contributed by atoms with Crippen molar-refractivity contribution in [2.45, 2.75) is 13.0 Å². The number of phenolic OH excluding ortho intramolecular Hbond substituents is 1. The number of anilines is 1. The number of aromatic hydroxyl groups is 1. The molecule has 98 valence electrons. The van der Waals surface area contributed by atoms with Crippen LogP contribution >= 0.6 is 0 Å². The highest BCUT2D eigenvalue weighted by molar-refractivity contribution is 5.53. The van der Waals surface area contributed by atoms with Crippen LogP contribution in [0.5, 0.6) is 11.5 Å². The lowest BCUT2D eigenvalue weighted by atomic mass is 10.1. The van der Waals surface area contributed by atoms with Crippen LogP contribution in [0.3, 0.4) is 0 Å². The SMILES string of the molecule is CCN(c1ccccc1)C1COc2cc(O)ccc21. The largest absolute Gasteiger partial charge is 0.508 e. The zero-order valence-electron chi connectivity index (χ0n) is 10.9. The van der Waals surface area contributed by atoms with E-state index in [1.807, 2.05) is 24.3 Å². The van der Waals surface area contributed by atoms with E-state index >= 15 is 0 Å². The molecule has 3 rings (SSSR count). The van der Waals surface area contributed by atoms with Gasteiger partial charge in [0.1, 0.15) is 18.1 Å². The quantitative estimate of drug-likeness (QED) is 0.913. The lowest BCUT2D eigenvalue weighted by molar-refractivity contribution is 0.326. The van der Waals surface area contributed by atoms with E-state index in [9.17, 15) is 5.11 Å². The molecule has 1 aliphatic heterocycles. The van der Waals surface area contributed by atoms with Crippen molar-refractivity contribution < 1.29 is 9.84 Å². The van der Waals surface area contributed by atoms with Crippen LogP contribution in [0.25, 0.3) is 0 Å². The van der Waals surface area contributed by atoms with E-state index in [1.54, 1.807) is 12.1 Å². The van der Waals surface area contributed by atoms with Gasteiger partial charge >= 0.3 is 0 Å². The number of fused-ring (bicyclic) bond motifs is 1. The molecule has 0 saturated carbocycles. The second-order valence-corrected chi connectivity index (χ2v) is 4.67. The van der Waals surface area contributed by atoms with Crippen molar-refractivity contribution >= 4 is 5.69 Å². The summed E-state index contributed by atoms with van der Waals surface area (Å²) in [6.45, 7) is 3.69. The first-order valence-corrected chi connectivity index (χ1v) is 6.57. The molecule has 1 atom stereocenters. The highest BCUT2D eigenvalue weighted by Crippen LogP contribution is 2.39. The van der Waals surface area contributed by atoms with Crippen molar-refractivity contribution in [3.8, 4) is 11.5 Å². The van der Waals surface area contributed by atoms with Gasteiger partial charge in [0, 0.05) is 23.9 Å². The summed E-state index contributed by atoms with van der Waals surface area (Å²) in [7, 11) is 0. The standard InChI is InChI=1S/C16H17NO2/c1-2-17(12-6-4-3-5-7-12)15-11-19-16-10-13(18)8-9-14(15)16/h3-10,15,18H,2,11H2,1H3. The molecule has 1 N–H and O–H groups in total. The van der Waals surface area contributed by atoms with Crippen molar-refractivity contribution in [3.05, 3.63) is 54.1 Å². The molecule has 2 aromatic carbocycles. The minimum absolute atomic E-state index is 0.211. The lowest BCUT2D eigenvalue weighted by Gasteiger charge is -2.29. The number of benzene rings is 2. The molecule has 0 radical (unpaired) electrons. The van der Waals surface area contributed by atoms with Crippen molar-refractivity contribution in [2.24, 2.45) is 0 Å². The second kappa shape index (κ2) is 4.84. The summed E-state index contributed by atoms with van der Waals surface area (Å²) in [4.78, 5) is 2.32. The predicted octanol–water partition coefficient (Wildman–Crippen LogP) is 3.35. The first-order valence-electron chi connectivity index (χ1n) is 6.57. The maximum Gasteiger partial charge on any atom is 0.128 e. The smallest absolute Gasteiger partial charge is 0.128 e. The van der Waals surface area contributed by atoms with Gasteiger partial charge in [-0.25, -0.2) is 0 Å². The van der Waals surface area contributed by atoms with E-state index in [4.69, 9.17) is 4.74 Å². The highest BCUT2D eigenvalue weighted by atomic mass is 16.5. The molecular weight excluding hydrogens is 238 g/mol. The van der Waals surface area contributed by atoms with Crippen LogP contribution in [0.2, 0.25) is 0 Å². The van der Waals surface area contributed by atoms with Crippen molar-refractivity contribution in [3.63, 3.8) is 0 Å². The monoisotopic (exact) mass is 255 g/mol. The number of hydrogen-bond acceptors (Lipinski definition) is 3. The van der Waals surface area contributed by atoms with Gasteiger partial charge in [-0.15, -0.1) is 0 Å². The Morgan fingerprint density at radius 3 is 2.74 bits per heavy atom. The van der Waals surface area contributed by atoms with Crippen molar-refractivity contribution in [2.75, 3.05) is 18.1 Å². The Kier molecular flexibility index (Phi) is 3.03. The molecule has 0 fully saturated rings. The molecule has 3 heteroatoms. The van der Waals surface area contributed by atoms with Crippen molar-refractivity contribution in [1.82, 2.24) is 0 Å². The fraction of sp³-hybridized carbons (Fsp3) is 0.250. The van der Waals surface area contributed by atoms with Gasteiger partial charge in [-0.1, -0.05) is 18.2 Å². The summed E-state index contributed by atoms with van der Waals surface area (Å²) in [6, 6.07) is 15.9. The van der Waals surface area contributed by atoms with E-state index in [-0.39, 0.29) is 11.8 Å². The molecule has 0 amide bonds. The van der Waals surface area contributed by atoms with Gasteiger partial charge in [0.05, 0.1) is 6.04 Å². The Morgan fingerprint density at radius 1 is 1.21 bits per heavy atom. The number of phenols is 1. The highest BCUT2D eigenvalue weighted by Gasteiger charge is 2.29. The molecule has 2 aromatic rings. The molecule has 3 nitrogen and oxygen atoms in total. The number of hydrogen-bond donors (Lipinski definition) is 1. The zero-order chi connectivity index (χ0) is 13.2. The van der Waals surface area contributed by atoms with E-state index in [0.29, 0.717) is 6.61 Å². The summed E-state index contributed by atoms with van der Waals surface area (Å²) in [5, 5.41) is 9.50. The van der Waals surface area contributed by atoms with E-state index < -0.39 is 0 Å². The molecule has 0 aliphatic carbocycles. The predicted molar refractivity (Wildman–Crippen MR) is 75.8 cm³/mol. The summed E-state index contributed by atoms with van der Waals surface area (Å²) < 4.78 is 5.69. The van der Waals surface area contributed by atoms with Crippen LogP contribution in [0.1, 0.15) is 18.5 Å². The van der Waals surface area contributed by atoms with Gasteiger partial charge in [-0.2, -0.15) is 0 Å². The summed E-state index contributed by atoms with van der Waals surface area (Å²) in [5.74, 6) is 1.04. The normalized spacial score (nSPS) is 16.8. The van der Waals surface area contributed by atoms with Crippen LogP contribution in [-0.2, 0) is 0 Å². The molecular formula is C16H17NO2. The Morgan fingerprint density at radius 2 is 2.00 bits per heavy atom. The third-order valence-electron chi connectivity index (χ3n) is 3.56. The summed E-state index contributed by atoms with van der Waals surface area (Å²) in [6.07, 6.45) is 0. The molecule has 0 saturated heterocycles. The Bertz CT molecular complexity index is 568. The first-order chi connectivity index (χ1) is 9.29. The van der Waals surface area contributed by atoms with Crippen LogP contribution in [0.15, 0.2) is 48.5 Å². The number of rotatable bonds is 3. The number of nitrogens with zero attached hydrogens (tertiary/aromatic N) is 1. The number of likely N-dealkylation sites (N-methyl/N-ethyl adjacent to an activating group) is 1. The Hall–Kier alpha value is -2.16. The third-order valence-corrected chi connectivity index (χ3v) is 3.56. The minimum Gasteiger partial charge on any atom is -0.508 e. The van der Waals surface area contributed by atoms with Gasteiger partial charge in [-0.05, 0) is 31.2 Å². The van der Waals surface area contributed by atoms with Crippen LogP contribution in [0, 0.1) is 0 Å². The maximum absolute atomic E-state index is 9.50. The average Bonchev–Trinajstić information content (AvgIpc) is 2.84.